The third-order valence-corrected chi connectivity index (χ3v) is 4.27. The number of methoxy groups -OCH3 is 1. The molecule has 0 bridgehead atoms. The number of benzene rings is 1. The van der Waals surface area contributed by atoms with Gasteiger partial charge in [-0.25, -0.2) is 0 Å². The Morgan fingerprint density at radius 1 is 1.19 bits per heavy atom. The molecule has 1 aromatic rings. The fourth-order valence-corrected chi connectivity index (χ4v) is 2.96. The molecule has 21 heavy (non-hydrogen) atoms. The van der Waals surface area contributed by atoms with Gasteiger partial charge in [-0.3, -0.25) is 0 Å². The highest BCUT2D eigenvalue weighted by Gasteiger charge is 2.17. The first-order valence-electron chi connectivity index (χ1n) is 8.28. The summed E-state index contributed by atoms with van der Waals surface area (Å²) in [5.74, 6) is 1.69. The molecule has 1 N–H and O–H groups in total. The van der Waals surface area contributed by atoms with Gasteiger partial charge in [0.15, 0.2) is 0 Å². The highest BCUT2D eigenvalue weighted by molar-refractivity contribution is 5.29. The second kappa shape index (κ2) is 9.06. The number of rotatable bonds is 9. The summed E-state index contributed by atoms with van der Waals surface area (Å²) < 4.78 is 11.2. The van der Waals surface area contributed by atoms with Crippen LogP contribution in [0.4, 0.5) is 0 Å². The van der Waals surface area contributed by atoms with Gasteiger partial charge < -0.3 is 14.8 Å². The van der Waals surface area contributed by atoms with E-state index >= 15 is 0 Å². The standard InChI is InChI=1S/C18H29NO2/c1-3-12-19-18(14-21-13-15-6-4-5-7-15)16-8-10-17(20-2)11-9-16/h8-11,15,18-19H,3-7,12-14H2,1-2H3. The van der Waals surface area contributed by atoms with Crippen LogP contribution in [-0.4, -0.2) is 26.9 Å². The van der Waals surface area contributed by atoms with E-state index in [1.807, 2.05) is 12.1 Å². The Morgan fingerprint density at radius 3 is 2.52 bits per heavy atom. The number of hydrogen-bond acceptors (Lipinski definition) is 3. The van der Waals surface area contributed by atoms with E-state index in [2.05, 4.69) is 24.4 Å². The predicted molar refractivity (Wildman–Crippen MR) is 86.8 cm³/mol. The third-order valence-electron chi connectivity index (χ3n) is 4.27. The summed E-state index contributed by atoms with van der Waals surface area (Å²) in [6.07, 6.45) is 6.58. The maximum atomic E-state index is 5.99. The Bertz CT molecular complexity index is 385. The minimum absolute atomic E-state index is 0.275. The van der Waals surface area contributed by atoms with E-state index in [4.69, 9.17) is 9.47 Å². The predicted octanol–water partition coefficient (Wildman–Crippen LogP) is 3.94. The van der Waals surface area contributed by atoms with Gasteiger partial charge in [0.1, 0.15) is 5.75 Å². The molecule has 1 fully saturated rings. The smallest absolute Gasteiger partial charge is 0.118 e. The first-order valence-corrected chi connectivity index (χ1v) is 8.28. The maximum Gasteiger partial charge on any atom is 0.118 e. The van der Waals surface area contributed by atoms with Crippen molar-refractivity contribution >= 4 is 0 Å². The van der Waals surface area contributed by atoms with E-state index in [0.717, 1.165) is 37.8 Å². The van der Waals surface area contributed by atoms with Gasteiger partial charge in [0, 0.05) is 6.61 Å². The minimum Gasteiger partial charge on any atom is -0.497 e. The molecule has 118 valence electrons. The van der Waals surface area contributed by atoms with E-state index < -0.39 is 0 Å². The van der Waals surface area contributed by atoms with Crippen molar-refractivity contribution in [3.63, 3.8) is 0 Å². The molecule has 0 amide bonds. The minimum atomic E-state index is 0.275. The molecule has 0 heterocycles. The summed E-state index contributed by atoms with van der Waals surface area (Å²) >= 11 is 0. The van der Waals surface area contributed by atoms with Gasteiger partial charge in [0.25, 0.3) is 0 Å². The van der Waals surface area contributed by atoms with Crippen LogP contribution in [-0.2, 0) is 4.74 Å². The van der Waals surface area contributed by atoms with Crippen LogP contribution in [0.15, 0.2) is 24.3 Å². The second-order valence-electron chi connectivity index (χ2n) is 5.97. The van der Waals surface area contributed by atoms with Crippen molar-refractivity contribution in [2.75, 3.05) is 26.9 Å². The van der Waals surface area contributed by atoms with Gasteiger partial charge in [0.05, 0.1) is 19.8 Å². The van der Waals surface area contributed by atoms with E-state index in [0.29, 0.717) is 0 Å². The van der Waals surface area contributed by atoms with Crippen molar-refractivity contribution in [3.05, 3.63) is 29.8 Å². The monoisotopic (exact) mass is 291 g/mol. The quantitative estimate of drug-likeness (QED) is 0.747. The Hall–Kier alpha value is -1.06. The molecule has 0 radical (unpaired) electrons. The summed E-state index contributed by atoms with van der Waals surface area (Å²) in [6, 6.07) is 8.58. The number of hydrogen-bond donors (Lipinski definition) is 1. The lowest BCUT2D eigenvalue weighted by Crippen LogP contribution is -2.27. The van der Waals surface area contributed by atoms with Crippen molar-refractivity contribution in [3.8, 4) is 5.75 Å². The Balaban J connectivity index is 1.85. The van der Waals surface area contributed by atoms with Crippen molar-refractivity contribution in [2.45, 2.75) is 45.1 Å². The number of ether oxygens (including phenoxy) is 2. The molecule has 1 aromatic carbocycles. The van der Waals surface area contributed by atoms with Gasteiger partial charge in [-0.2, -0.15) is 0 Å². The van der Waals surface area contributed by atoms with E-state index in [1.54, 1.807) is 7.11 Å². The van der Waals surface area contributed by atoms with E-state index in [-0.39, 0.29) is 6.04 Å². The van der Waals surface area contributed by atoms with Crippen LogP contribution in [0.25, 0.3) is 0 Å². The molecule has 1 unspecified atom stereocenters. The molecule has 0 aliphatic heterocycles. The van der Waals surface area contributed by atoms with Crippen LogP contribution >= 0.6 is 0 Å². The summed E-state index contributed by atoms with van der Waals surface area (Å²) in [4.78, 5) is 0. The van der Waals surface area contributed by atoms with Crippen LogP contribution in [0.2, 0.25) is 0 Å². The molecular formula is C18H29NO2. The van der Waals surface area contributed by atoms with Gasteiger partial charge >= 0.3 is 0 Å². The molecule has 1 saturated carbocycles. The van der Waals surface area contributed by atoms with Crippen LogP contribution in [0.3, 0.4) is 0 Å². The summed E-state index contributed by atoms with van der Waals surface area (Å²) in [5, 5.41) is 3.58. The van der Waals surface area contributed by atoms with Crippen LogP contribution < -0.4 is 10.1 Å². The van der Waals surface area contributed by atoms with E-state index in [9.17, 15) is 0 Å². The molecule has 1 aliphatic carbocycles. The van der Waals surface area contributed by atoms with Crippen LogP contribution in [0, 0.1) is 5.92 Å². The van der Waals surface area contributed by atoms with Gasteiger partial charge in [-0.15, -0.1) is 0 Å². The molecule has 3 nitrogen and oxygen atoms in total. The van der Waals surface area contributed by atoms with Crippen LogP contribution in [0.5, 0.6) is 5.75 Å². The zero-order chi connectivity index (χ0) is 14.9. The molecular weight excluding hydrogens is 262 g/mol. The van der Waals surface area contributed by atoms with Crippen LogP contribution in [0.1, 0.15) is 50.6 Å². The zero-order valence-corrected chi connectivity index (χ0v) is 13.4. The Kier molecular flexibility index (Phi) is 7.04. The fraction of sp³-hybridized carbons (Fsp3) is 0.667. The highest BCUT2D eigenvalue weighted by atomic mass is 16.5. The fourth-order valence-electron chi connectivity index (χ4n) is 2.96. The SMILES string of the molecule is CCCNC(COCC1CCCC1)c1ccc(OC)cc1. The second-order valence-corrected chi connectivity index (χ2v) is 5.97. The molecule has 1 atom stereocenters. The summed E-state index contributed by atoms with van der Waals surface area (Å²) in [6.45, 7) is 4.88. The van der Waals surface area contributed by atoms with Crippen molar-refractivity contribution in [1.29, 1.82) is 0 Å². The summed E-state index contributed by atoms with van der Waals surface area (Å²) in [7, 11) is 1.70. The summed E-state index contributed by atoms with van der Waals surface area (Å²) in [5.41, 5.74) is 1.27. The lowest BCUT2D eigenvalue weighted by molar-refractivity contribution is 0.0828. The average molecular weight is 291 g/mol. The molecule has 0 aromatic heterocycles. The maximum absolute atomic E-state index is 5.99. The zero-order valence-electron chi connectivity index (χ0n) is 13.4. The molecule has 0 spiro atoms. The Morgan fingerprint density at radius 2 is 1.90 bits per heavy atom. The largest absolute Gasteiger partial charge is 0.497 e. The van der Waals surface area contributed by atoms with E-state index in [1.165, 1.54) is 31.2 Å². The molecule has 1 aliphatic rings. The lowest BCUT2D eigenvalue weighted by Gasteiger charge is -2.20. The average Bonchev–Trinajstić information content (AvgIpc) is 3.04. The molecule has 0 saturated heterocycles. The number of nitrogens with one attached hydrogen (secondary N) is 1. The lowest BCUT2D eigenvalue weighted by atomic mass is 10.1. The van der Waals surface area contributed by atoms with Crippen molar-refractivity contribution in [2.24, 2.45) is 5.92 Å². The van der Waals surface area contributed by atoms with Gasteiger partial charge in [-0.05, 0) is 49.4 Å². The van der Waals surface area contributed by atoms with Gasteiger partial charge in [-0.1, -0.05) is 31.9 Å². The normalized spacial score (nSPS) is 17.0. The highest BCUT2D eigenvalue weighted by Crippen LogP contribution is 2.25. The van der Waals surface area contributed by atoms with Crippen molar-refractivity contribution < 1.29 is 9.47 Å². The van der Waals surface area contributed by atoms with Gasteiger partial charge in [0.2, 0.25) is 0 Å². The molecule has 3 heteroatoms. The first kappa shape index (κ1) is 16.3. The Labute approximate surface area is 129 Å². The first-order chi connectivity index (χ1) is 10.3. The topological polar surface area (TPSA) is 30.5 Å². The van der Waals surface area contributed by atoms with Crippen molar-refractivity contribution in [1.82, 2.24) is 5.32 Å². The molecule has 2 rings (SSSR count). The third kappa shape index (κ3) is 5.33.